The Morgan fingerprint density at radius 3 is 2.69 bits per heavy atom. The van der Waals surface area contributed by atoms with Crippen LogP contribution in [-0.2, 0) is 6.54 Å². The van der Waals surface area contributed by atoms with Crippen LogP contribution in [0.5, 0.6) is 0 Å². The zero-order chi connectivity index (χ0) is 9.47. The van der Waals surface area contributed by atoms with Gasteiger partial charge in [-0.05, 0) is 23.8 Å². The van der Waals surface area contributed by atoms with Crippen molar-refractivity contribution in [3.05, 3.63) is 18.5 Å². The fourth-order valence-corrected chi connectivity index (χ4v) is 2.04. The molecule has 0 bridgehead atoms. The van der Waals surface area contributed by atoms with Gasteiger partial charge in [0.25, 0.3) is 0 Å². The Morgan fingerprint density at radius 2 is 2.23 bits per heavy atom. The van der Waals surface area contributed by atoms with E-state index >= 15 is 0 Å². The Hall–Kier alpha value is -0.830. The number of aryl methyl sites for hydroxylation is 1. The van der Waals surface area contributed by atoms with E-state index in [1.807, 2.05) is 23.1 Å². The highest BCUT2D eigenvalue weighted by Crippen LogP contribution is 2.52. The molecule has 2 atom stereocenters. The summed E-state index contributed by atoms with van der Waals surface area (Å²) in [6, 6.07) is 2.35. The van der Waals surface area contributed by atoms with Crippen LogP contribution in [0, 0.1) is 11.3 Å². The first-order valence-electron chi connectivity index (χ1n) is 4.85. The first-order chi connectivity index (χ1) is 6.12. The van der Waals surface area contributed by atoms with Gasteiger partial charge in [0.1, 0.15) is 0 Å². The highest BCUT2D eigenvalue weighted by atomic mass is 15.3. The van der Waals surface area contributed by atoms with Crippen molar-refractivity contribution < 1.29 is 0 Å². The van der Waals surface area contributed by atoms with E-state index in [1.54, 1.807) is 0 Å². The van der Waals surface area contributed by atoms with Gasteiger partial charge in [0.05, 0.1) is 0 Å². The Bertz CT molecular complexity index is 276. The van der Waals surface area contributed by atoms with Gasteiger partial charge in [-0.3, -0.25) is 4.68 Å². The molecular weight excluding hydrogens is 162 g/mol. The summed E-state index contributed by atoms with van der Waals surface area (Å²) >= 11 is 0. The quantitative estimate of drug-likeness (QED) is 0.759. The molecule has 2 rings (SSSR count). The van der Waals surface area contributed by atoms with Crippen molar-refractivity contribution >= 4 is 0 Å². The van der Waals surface area contributed by atoms with Crippen molar-refractivity contribution in [2.24, 2.45) is 17.1 Å². The van der Waals surface area contributed by atoms with Crippen molar-refractivity contribution in [1.29, 1.82) is 0 Å². The summed E-state index contributed by atoms with van der Waals surface area (Å²) < 4.78 is 1.97. The molecule has 3 heteroatoms. The van der Waals surface area contributed by atoms with Gasteiger partial charge in [0.2, 0.25) is 0 Å². The lowest BCUT2D eigenvalue weighted by Crippen LogP contribution is -2.07. The second-order valence-electron chi connectivity index (χ2n) is 4.51. The minimum atomic E-state index is 0.354. The van der Waals surface area contributed by atoms with E-state index in [4.69, 9.17) is 5.73 Å². The first kappa shape index (κ1) is 8.75. The molecule has 1 aromatic rings. The highest BCUT2D eigenvalue weighted by molar-refractivity contribution is 5.08. The van der Waals surface area contributed by atoms with E-state index in [1.165, 1.54) is 0 Å². The number of nitrogens with two attached hydrogens (primary N) is 1. The predicted octanol–water partition coefficient (Wildman–Crippen LogP) is 1.26. The van der Waals surface area contributed by atoms with Gasteiger partial charge >= 0.3 is 0 Å². The van der Waals surface area contributed by atoms with Gasteiger partial charge in [-0.2, -0.15) is 5.10 Å². The van der Waals surface area contributed by atoms with Crippen molar-refractivity contribution in [3.63, 3.8) is 0 Å². The Morgan fingerprint density at radius 1 is 1.54 bits per heavy atom. The standard InChI is InChI=1S/C10H17N3/c1-10(2)8(9(10)11)4-7-13-6-3-5-12-13/h3,5-6,8-9H,4,7,11H2,1-2H3/t8-,9-/m0/s1. The Kier molecular flexibility index (Phi) is 1.91. The smallest absolute Gasteiger partial charge is 0.0489 e. The average molecular weight is 179 g/mol. The summed E-state index contributed by atoms with van der Waals surface area (Å²) in [5.41, 5.74) is 6.31. The van der Waals surface area contributed by atoms with Crippen LogP contribution in [0.1, 0.15) is 20.3 Å². The molecular formula is C10H17N3. The summed E-state index contributed by atoms with van der Waals surface area (Å²) in [4.78, 5) is 0. The molecule has 0 spiro atoms. The Balaban J connectivity index is 1.83. The van der Waals surface area contributed by atoms with E-state index in [2.05, 4.69) is 18.9 Å². The van der Waals surface area contributed by atoms with Crippen LogP contribution < -0.4 is 5.73 Å². The third kappa shape index (κ3) is 1.48. The van der Waals surface area contributed by atoms with Crippen molar-refractivity contribution in [2.45, 2.75) is 32.9 Å². The second-order valence-corrected chi connectivity index (χ2v) is 4.51. The summed E-state index contributed by atoms with van der Waals surface area (Å²) in [5, 5.41) is 4.16. The minimum Gasteiger partial charge on any atom is -0.327 e. The topological polar surface area (TPSA) is 43.8 Å². The van der Waals surface area contributed by atoms with Crippen LogP contribution in [0.3, 0.4) is 0 Å². The maximum atomic E-state index is 5.95. The molecule has 0 aliphatic heterocycles. The number of hydrogen-bond acceptors (Lipinski definition) is 2. The molecule has 72 valence electrons. The lowest BCUT2D eigenvalue weighted by Gasteiger charge is -2.02. The molecule has 0 amide bonds. The molecule has 1 fully saturated rings. The molecule has 1 aromatic heterocycles. The summed E-state index contributed by atoms with van der Waals surface area (Å²) in [6.45, 7) is 5.48. The van der Waals surface area contributed by atoms with Crippen LogP contribution in [-0.4, -0.2) is 15.8 Å². The molecule has 0 aromatic carbocycles. The summed E-state index contributed by atoms with van der Waals surface area (Å²) in [5.74, 6) is 0.678. The number of aromatic nitrogens is 2. The van der Waals surface area contributed by atoms with Crippen molar-refractivity contribution in [2.75, 3.05) is 0 Å². The van der Waals surface area contributed by atoms with Crippen LogP contribution in [0.15, 0.2) is 18.5 Å². The van der Waals surface area contributed by atoms with Gasteiger partial charge in [-0.1, -0.05) is 13.8 Å². The van der Waals surface area contributed by atoms with Gasteiger partial charge < -0.3 is 5.73 Å². The van der Waals surface area contributed by atoms with Gasteiger partial charge in [-0.15, -0.1) is 0 Å². The van der Waals surface area contributed by atoms with Crippen LogP contribution >= 0.6 is 0 Å². The lowest BCUT2D eigenvalue weighted by molar-refractivity contribution is 0.477. The van der Waals surface area contributed by atoms with E-state index in [-0.39, 0.29) is 0 Å². The average Bonchev–Trinajstić information content (AvgIpc) is 2.57. The van der Waals surface area contributed by atoms with Crippen LogP contribution in [0.25, 0.3) is 0 Å². The zero-order valence-corrected chi connectivity index (χ0v) is 8.27. The van der Waals surface area contributed by atoms with Gasteiger partial charge in [0, 0.05) is 25.0 Å². The summed E-state index contributed by atoms with van der Waals surface area (Å²) in [7, 11) is 0. The third-order valence-electron chi connectivity index (χ3n) is 3.37. The molecule has 0 unspecified atom stereocenters. The van der Waals surface area contributed by atoms with Crippen LogP contribution in [0.2, 0.25) is 0 Å². The molecule has 2 N–H and O–H groups in total. The van der Waals surface area contributed by atoms with Gasteiger partial charge in [-0.25, -0.2) is 0 Å². The van der Waals surface area contributed by atoms with Crippen molar-refractivity contribution in [3.8, 4) is 0 Å². The fraction of sp³-hybridized carbons (Fsp3) is 0.700. The van der Waals surface area contributed by atoms with E-state index in [9.17, 15) is 0 Å². The molecule has 1 aliphatic carbocycles. The van der Waals surface area contributed by atoms with Crippen LogP contribution in [0.4, 0.5) is 0 Å². The highest BCUT2D eigenvalue weighted by Gasteiger charge is 2.54. The van der Waals surface area contributed by atoms with E-state index in [0.29, 0.717) is 17.4 Å². The van der Waals surface area contributed by atoms with Gasteiger partial charge in [0.15, 0.2) is 0 Å². The normalized spacial score (nSPS) is 30.4. The maximum absolute atomic E-state index is 5.95. The third-order valence-corrected chi connectivity index (χ3v) is 3.37. The Labute approximate surface area is 78.9 Å². The minimum absolute atomic E-state index is 0.354. The SMILES string of the molecule is CC1(C)[C@@H](N)[C@@H]1CCn1cccn1. The largest absolute Gasteiger partial charge is 0.327 e. The zero-order valence-electron chi connectivity index (χ0n) is 8.27. The number of nitrogens with zero attached hydrogens (tertiary/aromatic N) is 2. The predicted molar refractivity (Wildman–Crippen MR) is 52.1 cm³/mol. The monoisotopic (exact) mass is 179 g/mol. The van der Waals surface area contributed by atoms with E-state index < -0.39 is 0 Å². The molecule has 1 aliphatic rings. The first-order valence-corrected chi connectivity index (χ1v) is 4.85. The fourth-order valence-electron chi connectivity index (χ4n) is 2.04. The molecule has 3 nitrogen and oxygen atoms in total. The molecule has 0 saturated heterocycles. The molecule has 1 saturated carbocycles. The molecule has 1 heterocycles. The number of rotatable bonds is 3. The van der Waals surface area contributed by atoms with E-state index in [0.717, 1.165) is 13.0 Å². The maximum Gasteiger partial charge on any atom is 0.0489 e. The molecule has 13 heavy (non-hydrogen) atoms. The van der Waals surface area contributed by atoms with Crippen molar-refractivity contribution in [1.82, 2.24) is 9.78 Å². The molecule has 0 radical (unpaired) electrons. The summed E-state index contributed by atoms with van der Waals surface area (Å²) in [6.07, 6.45) is 4.97. The second kappa shape index (κ2) is 2.84. The number of hydrogen-bond donors (Lipinski definition) is 1. The lowest BCUT2D eigenvalue weighted by atomic mass is 10.1.